The number of rotatable bonds is 9. The zero-order valence-corrected chi connectivity index (χ0v) is 26.6. The van der Waals surface area contributed by atoms with Gasteiger partial charge in [-0.2, -0.15) is 0 Å². The van der Waals surface area contributed by atoms with Crippen LogP contribution in [0.3, 0.4) is 0 Å². The summed E-state index contributed by atoms with van der Waals surface area (Å²) in [6, 6.07) is 12.2. The number of hydrogen-bond donors (Lipinski definition) is 1. The number of aliphatic hydroxyl groups is 1. The van der Waals surface area contributed by atoms with Crippen molar-refractivity contribution in [1.29, 1.82) is 0 Å². The Kier molecular flexibility index (Phi) is 9.40. The van der Waals surface area contributed by atoms with Crippen molar-refractivity contribution < 1.29 is 9.50 Å². The first-order valence-corrected chi connectivity index (χ1v) is 16.0. The Morgan fingerprint density at radius 3 is 2.62 bits per heavy atom. The van der Waals surface area contributed by atoms with Crippen LogP contribution < -0.4 is 15.2 Å². The topological polar surface area (TPSA) is 77.7 Å². The highest BCUT2D eigenvalue weighted by atomic mass is 35.5. The number of anilines is 2. The fourth-order valence-corrected chi connectivity index (χ4v) is 7.12. The summed E-state index contributed by atoms with van der Waals surface area (Å²) in [4.78, 5) is 29.7. The van der Waals surface area contributed by atoms with Crippen LogP contribution in [0.25, 0.3) is 10.9 Å². The molecule has 238 valence electrons. The molecule has 7 rings (SSSR count). The number of piperidine rings is 1. The van der Waals surface area contributed by atoms with Gasteiger partial charge in [0.05, 0.1) is 23.1 Å². The van der Waals surface area contributed by atoms with Gasteiger partial charge in [0, 0.05) is 99.1 Å². The Labute approximate surface area is 269 Å². The summed E-state index contributed by atoms with van der Waals surface area (Å²) in [6.07, 6.45) is 12.7. The monoisotopic (exact) mass is 632 g/mol. The van der Waals surface area contributed by atoms with E-state index in [4.69, 9.17) is 0 Å². The molecular weight excluding hydrogens is 591 g/mol. The number of pyridine rings is 3. The molecule has 5 heterocycles. The van der Waals surface area contributed by atoms with Crippen molar-refractivity contribution >= 4 is 34.7 Å². The van der Waals surface area contributed by atoms with Gasteiger partial charge in [-0.05, 0) is 81.0 Å². The SMILES string of the molecule is Cc1cc(CN(Cc2cn(C3CC3)c3cc(N4CC[C@@H](CO)C4)c(F)cc3c2=O)[C@H]2CCCN(c3cccnc3)C2)ccn1.Cl. The molecule has 4 aromatic rings. The minimum absolute atomic E-state index is 0. The van der Waals surface area contributed by atoms with Crippen molar-refractivity contribution in [3.8, 4) is 0 Å². The maximum atomic E-state index is 15.7. The van der Waals surface area contributed by atoms with Gasteiger partial charge in [-0.25, -0.2) is 4.39 Å². The average molecular weight is 633 g/mol. The minimum atomic E-state index is -0.365. The van der Waals surface area contributed by atoms with Crippen LogP contribution in [0, 0.1) is 18.7 Å². The van der Waals surface area contributed by atoms with E-state index in [1.54, 1.807) is 6.20 Å². The fraction of sp³-hybridized carbons (Fsp3) is 0.457. The number of fused-ring (bicyclic) bond motifs is 1. The summed E-state index contributed by atoms with van der Waals surface area (Å²) < 4.78 is 17.9. The van der Waals surface area contributed by atoms with Gasteiger partial charge in [-0.15, -0.1) is 12.4 Å². The summed E-state index contributed by atoms with van der Waals surface area (Å²) in [6.45, 7) is 6.47. The van der Waals surface area contributed by atoms with Crippen LogP contribution in [-0.2, 0) is 13.1 Å². The molecule has 0 amide bonds. The van der Waals surface area contributed by atoms with Crippen LogP contribution >= 0.6 is 12.4 Å². The Morgan fingerprint density at radius 2 is 1.89 bits per heavy atom. The lowest BCUT2D eigenvalue weighted by atomic mass is 10.0. The summed E-state index contributed by atoms with van der Waals surface area (Å²) in [5, 5.41) is 10.1. The second-order valence-electron chi connectivity index (χ2n) is 12.9. The zero-order chi connectivity index (χ0) is 30.2. The quantitative estimate of drug-likeness (QED) is 0.262. The van der Waals surface area contributed by atoms with Crippen molar-refractivity contribution in [1.82, 2.24) is 19.4 Å². The molecular formula is C35H42ClFN6O2. The largest absolute Gasteiger partial charge is 0.396 e. The van der Waals surface area contributed by atoms with Crippen LogP contribution in [0.4, 0.5) is 15.8 Å². The second-order valence-corrected chi connectivity index (χ2v) is 12.9. The lowest BCUT2D eigenvalue weighted by Crippen LogP contribution is -2.48. The molecule has 3 aliphatic rings. The molecule has 2 aliphatic heterocycles. The molecule has 2 atom stereocenters. The number of aromatic nitrogens is 3. The van der Waals surface area contributed by atoms with Gasteiger partial charge < -0.3 is 19.5 Å². The Balaban J connectivity index is 0.00000357. The van der Waals surface area contributed by atoms with Gasteiger partial charge in [-0.3, -0.25) is 19.7 Å². The molecule has 8 nitrogen and oxygen atoms in total. The lowest BCUT2D eigenvalue weighted by Gasteiger charge is -2.40. The predicted octanol–water partition coefficient (Wildman–Crippen LogP) is 5.49. The van der Waals surface area contributed by atoms with Gasteiger partial charge in [0.2, 0.25) is 0 Å². The molecule has 2 saturated heterocycles. The third-order valence-corrected chi connectivity index (χ3v) is 9.64. The molecule has 1 saturated carbocycles. The summed E-state index contributed by atoms with van der Waals surface area (Å²) in [5.74, 6) is -0.210. The smallest absolute Gasteiger partial charge is 0.193 e. The molecule has 10 heteroatoms. The highest BCUT2D eigenvalue weighted by Crippen LogP contribution is 2.39. The van der Waals surface area contributed by atoms with Crippen LogP contribution in [0.1, 0.15) is 55.0 Å². The molecule has 0 bridgehead atoms. The van der Waals surface area contributed by atoms with E-state index in [2.05, 4.69) is 48.7 Å². The van der Waals surface area contributed by atoms with E-state index in [9.17, 15) is 9.90 Å². The fourth-order valence-electron chi connectivity index (χ4n) is 7.12. The van der Waals surface area contributed by atoms with E-state index in [-0.39, 0.29) is 42.2 Å². The number of hydrogen-bond acceptors (Lipinski definition) is 7. The number of aliphatic hydroxyl groups excluding tert-OH is 1. The first-order valence-electron chi connectivity index (χ1n) is 16.0. The summed E-state index contributed by atoms with van der Waals surface area (Å²) >= 11 is 0. The van der Waals surface area contributed by atoms with Crippen LogP contribution in [0.5, 0.6) is 0 Å². The third kappa shape index (κ3) is 6.71. The van der Waals surface area contributed by atoms with Gasteiger partial charge in [0.25, 0.3) is 0 Å². The van der Waals surface area contributed by atoms with E-state index in [1.165, 1.54) is 11.6 Å². The van der Waals surface area contributed by atoms with E-state index in [1.807, 2.05) is 36.4 Å². The maximum absolute atomic E-state index is 15.7. The predicted molar refractivity (Wildman–Crippen MR) is 179 cm³/mol. The number of aryl methyl sites for hydroxylation is 1. The lowest BCUT2D eigenvalue weighted by molar-refractivity contribution is 0.158. The van der Waals surface area contributed by atoms with Gasteiger partial charge >= 0.3 is 0 Å². The van der Waals surface area contributed by atoms with Crippen LogP contribution in [0.15, 0.2) is 66.0 Å². The molecule has 0 radical (unpaired) electrons. The maximum Gasteiger partial charge on any atom is 0.193 e. The van der Waals surface area contributed by atoms with E-state index in [0.717, 1.165) is 62.1 Å². The second kappa shape index (κ2) is 13.4. The van der Waals surface area contributed by atoms with Crippen molar-refractivity contribution in [2.24, 2.45) is 5.92 Å². The third-order valence-electron chi connectivity index (χ3n) is 9.64. The normalized spacial score (nSPS) is 20.2. The molecule has 1 N–H and O–H groups in total. The van der Waals surface area contributed by atoms with Crippen molar-refractivity contribution in [2.45, 2.75) is 64.2 Å². The van der Waals surface area contributed by atoms with Crippen molar-refractivity contribution in [3.63, 3.8) is 0 Å². The van der Waals surface area contributed by atoms with E-state index in [0.29, 0.717) is 48.9 Å². The molecule has 45 heavy (non-hydrogen) atoms. The minimum Gasteiger partial charge on any atom is -0.396 e. The first-order chi connectivity index (χ1) is 21.5. The molecule has 1 aliphatic carbocycles. The number of nitrogens with zero attached hydrogens (tertiary/aromatic N) is 6. The number of benzene rings is 1. The molecule has 0 spiro atoms. The average Bonchev–Trinajstić information content (AvgIpc) is 3.78. The first kappa shape index (κ1) is 31.5. The Hall–Kier alpha value is -3.53. The zero-order valence-electron chi connectivity index (χ0n) is 25.8. The van der Waals surface area contributed by atoms with Gasteiger partial charge in [-0.1, -0.05) is 0 Å². The van der Waals surface area contributed by atoms with Crippen molar-refractivity contribution in [2.75, 3.05) is 42.6 Å². The molecule has 3 aromatic heterocycles. The highest BCUT2D eigenvalue weighted by molar-refractivity contribution is 5.85. The molecule has 0 unspecified atom stereocenters. The Morgan fingerprint density at radius 1 is 1.02 bits per heavy atom. The van der Waals surface area contributed by atoms with Crippen LogP contribution in [-0.4, -0.2) is 63.4 Å². The van der Waals surface area contributed by atoms with Gasteiger partial charge in [0.15, 0.2) is 5.43 Å². The van der Waals surface area contributed by atoms with E-state index >= 15 is 4.39 Å². The molecule has 1 aromatic carbocycles. The van der Waals surface area contributed by atoms with Gasteiger partial charge in [0.1, 0.15) is 5.82 Å². The Bertz CT molecular complexity index is 1700. The van der Waals surface area contributed by atoms with Crippen molar-refractivity contribution in [3.05, 3.63) is 94.0 Å². The number of halogens is 2. The summed E-state index contributed by atoms with van der Waals surface area (Å²) in [7, 11) is 0. The van der Waals surface area contributed by atoms with E-state index < -0.39 is 0 Å². The summed E-state index contributed by atoms with van der Waals surface area (Å²) in [5.41, 5.74) is 5.22. The molecule has 3 fully saturated rings. The standard InChI is InChI=1S/C35H41FN6O2.ClH/c1-24-14-25(8-11-38-24)18-41(30-5-3-12-39(22-30)29-4-2-10-37-17-29)20-27-21-42(28-6-7-28)33-16-34(32(36)15-31(33)35(27)44)40-13-9-26(19-40)23-43;/h2,4,8,10-11,14-17,21,26,28,30,43H,3,5-7,9,12-13,18-20,22-23H2,1H3;1H/t26-,30+;/m1./s1. The highest BCUT2D eigenvalue weighted by Gasteiger charge is 2.31. The van der Waals surface area contributed by atoms with Crippen LogP contribution in [0.2, 0.25) is 0 Å².